The highest BCUT2D eigenvalue weighted by atomic mass is 32.2. The van der Waals surface area contributed by atoms with Gasteiger partial charge in [-0.2, -0.15) is 0 Å². The minimum atomic E-state index is -3.68. The molecule has 0 saturated carbocycles. The van der Waals surface area contributed by atoms with E-state index in [0.29, 0.717) is 6.42 Å². The Morgan fingerprint density at radius 1 is 1.61 bits per heavy atom. The van der Waals surface area contributed by atoms with Crippen molar-refractivity contribution in [3.63, 3.8) is 0 Å². The number of carbonyl (C=O) groups is 1. The maximum absolute atomic E-state index is 11.8. The summed E-state index contributed by atoms with van der Waals surface area (Å²) in [5, 5.41) is 9.04. The number of aliphatic hydroxyl groups is 1. The second-order valence-electron chi connectivity index (χ2n) is 4.07. The van der Waals surface area contributed by atoms with E-state index in [0.717, 1.165) is 0 Å². The number of amides is 1. The summed E-state index contributed by atoms with van der Waals surface area (Å²) in [4.78, 5) is 11.0. The summed E-state index contributed by atoms with van der Waals surface area (Å²) in [6.45, 7) is 1.70. The van der Waals surface area contributed by atoms with E-state index in [2.05, 4.69) is 4.72 Å². The molecule has 18 heavy (non-hydrogen) atoms. The summed E-state index contributed by atoms with van der Waals surface area (Å²) in [6.07, 6.45) is 1.05. The molecule has 1 heterocycles. The van der Waals surface area contributed by atoms with Gasteiger partial charge in [-0.25, -0.2) is 13.1 Å². The highest BCUT2D eigenvalue weighted by Gasteiger charge is 2.19. The third-order valence-corrected chi connectivity index (χ3v) is 3.82. The number of nitrogens with one attached hydrogen (secondary N) is 1. The van der Waals surface area contributed by atoms with Crippen LogP contribution in [-0.2, 0) is 17.1 Å². The van der Waals surface area contributed by atoms with Crippen LogP contribution in [-0.4, -0.2) is 36.6 Å². The zero-order chi connectivity index (χ0) is 13.9. The van der Waals surface area contributed by atoms with E-state index in [-0.39, 0.29) is 17.1 Å². The van der Waals surface area contributed by atoms with Gasteiger partial charge in [-0.05, 0) is 19.4 Å². The van der Waals surface area contributed by atoms with Crippen molar-refractivity contribution in [2.45, 2.75) is 24.3 Å². The Bertz CT molecular complexity index is 533. The SMILES string of the molecule is CC(O)CCNS(=O)(=O)c1cc(C(N)=O)n(C)c1. The van der Waals surface area contributed by atoms with E-state index in [4.69, 9.17) is 10.8 Å². The first-order chi connectivity index (χ1) is 8.24. The van der Waals surface area contributed by atoms with Crippen LogP contribution in [0.2, 0.25) is 0 Å². The molecule has 1 aromatic heterocycles. The number of primary amides is 1. The monoisotopic (exact) mass is 275 g/mol. The Balaban J connectivity index is 2.85. The maximum Gasteiger partial charge on any atom is 0.265 e. The summed E-state index contributed by atoms with van der Waals surface area (Å²) in [7, 11) is -2.14. The highest BCUT2D eigenvalue weighted by Crippen LogP contribution is 2.12. The first kappa shape index (κ1) is 14.7. The molecule has 1 atom stereocenters. The average Bonchev–Trinajstić information content (AvgIpc) is 2.60. The minimum Gasteiger partial charge on any atom is -0.393 e. The van der Waals surface area contributed by atoms with Gasteiger partial charge in [0.25, 0.3) is 5.91 Å². The maximum atomic E-state index is 11.8. The van der Waals surface area contributed by atoms with Crippen LogP contribution in [0.5, 0.6) is 0 Å². The van der Waals surface area contributed by atoms with Gasteiger partial charge in [-0.1, -0.05) is 0 Å². The normalized spacial score (nSPS) is 13.5. The van der Waals surface area contributed by atoms with E-state index in [1.165, 1.54) is 23.9 Å². The summed E-state index contributed by atoms with van der Waals surface area (Å²) in [5.74, 6) is -0.692. The third-order valence-electron chi connectivity index (χ3n) is 2.40. The molecule has 0 aliphatic carbocycles. The first-order valence-corrected chi connectivity index (χ1v) is 6.86. The smallest absolute Gasteiger partial charge is 0.265 e. The van der Waals surface area contributed by atoms with Gasteiger partial charge in [0, 0.05) is 19.8 Å². The zero-order valence-electron chi connectivity index (χ0n) is 10.3. The quantitative estimate of drug-likeness (QED) is 0.628. The van der Waals surface area contributed by atoms with E-state index >= 15 is 0 Å². The molecule has 4 N–H and O–H groups in total. The fraction of sp³-hybridized carbons (Fsp3) is 0.500. The van der Waals surface area contributed by atoms with Gasteiger partial charge in [-0.3, -0.25) is 4.79 Å². The zero-order valence-corrected chi connectivity index (χ0v) is 11.1. The van der Waals surface area contributed by atoms with Gasteiger partial charge >= 0.3 is 0 Å². The molecule has 0 spiro atoms. The minimum absolute atomic E-state index is 0.0237. The molecule has 102 valence electrons. The van der Waals surface area contributed by atoms with Crippen molar-refractivity contribution in [2.75, 3.05) is 6.54 Å². The van der Waals surface area contributed by atoms with Crippen LogP contribution in [0.25, 0.3) is 0 Å². The number of aryl methyl sites for hydroxylation is 1. The van der Waals surface area contributed by atoms with Crippen molar-refractivity contribution in [2.24, 2.45) is 12.8 Å². The number of rotatable bonds is 6. The molecule has 0 radical (unpaired) electrons. The van der Waals surface area contributed by atoms with Gasteiger partial charge < -0.3 is 15.4 Å². The van der Waals surface area contributed by atoms with E-state index < -0.39 is 22.0 Å². The lowest BCUT2D eigenvalue weighted by molar-refractivity contribution is 0.0992. The summed E-state index contributed by atoms with van der Waals surface area (Å²) in [5.41, 5.74) is 5.22. The Hall–Kier alpha value is -1.38. The fourth-order valence-electron chi connectivity index (χ4n) is 1.41. The molecule has 1 aromatic rings. The Morgan fingerprint density at radius 3 is 2.67 bits per heavy atom. The van der Waals surface area contributed by atoms with Crippen molar-refractivity contribution < 1.29 is 18.3 Å². The van der Waals surface area contributed by atoms with E-state index in [1.54, 1.807) is 6.92 Å². The molecule has 7 nitrogen and oxygen atoms in total. The van der Waals surface area contributed by atoms with Crippen molar-refractivity contribution >= 4 is 15.9 Å². The molecule has 1 unspecified atom stereocenters. The van der Waals surface area contributed by atoms with Gasteiger partial charge in [-0.15, -0.1) is 0 Å². The predicted octanol–water partition coefficient (Wildman–Crippen LogP) is -0.827. The molecular weight excluding hydrogens is 258 g/mol. The third kappa shape index (κ3) is 3.56. The summed E-state index contributed by atoms with van der Waals surface area (Å²) in [6, 6.07) is 1.22. The molecular formula is C10H17N3O4S. The second kappa shape index (κ2) is 5.51. The summed E-state index contributed by atoms with van der Waals surface area (Å²) < 4.78 is 27.4. The molecule has 8 heteroatoms. The lowest BCUT2D eigenvalue weighted by Crippen LogP contribution is -2.26. The van der Waals surface area contributed by atoms with Crippen molar-refractivity contribution in [3.05, 3.63) is 18.0 Å². The van der Waals surface area contributed by atoms with E-state index in [1.807, 2.05) is 0 Å². The molecule has 1 rings (SSSR count). The Labute approximate surface area is 106 Å². The number of carbonyl (C=O) groups excluding carboxylic acids is 1. The number of nitrogens with two attached hydrogens (primary N) is 1. The van der Waals surface area contributed by atoms with Gasteiger partial charge in [0.15, 0.2) is 0 Å². The van der Waals surface area contributed by atoms with Crippen molar-refractivity contribution in [3.8, 4) is 0 Å². The van der Waals surface area contributed by atoms with Crippen molar-refractivity contribution in [1.82, 2.24) is 9.29 Å². The molecule has 0 aliphatic heterocycles. The molecule has 0 bridgehead atoms. The van der Waals surface area contributed by atoms with Crippen LogP contribution in [0.15, 0.2) is 17.2 Å². The van der Waals surface area contributed by atoms with Crippen LogP contribution in [0.1, 0.15) is 23.8 Å². The average molecular weight is 275 g/mol. The number of hydrogen-bond donors (Lipinski definition) is 3. The number of hydrogen-bond acceptors (Lipinski definition) is 4. The number of aromatic nitrogens is 1. The van der Waals surface area contributed by atoms with Gasteiger partial charge in [0.2, 0.25) is 10.0 Å². The topological polar surface area (TPSA) is 114 Å². The Morgan fingerprint density at radius 2 is 2.22 bits per heavy atom. The number of nitrogens with zero attached hydrogens (tertiary/aromatic N) is 1. The fourth-order valence-corrected chi connectivity index (χ4v) is 2.53. The molecule has 0 aliphatic rings. The second-order valence-corrected chi connectivity index (χ2v) is 5.84. The molecule has 0 saturated heterocycles. The molecule has 0 aromatic carbocycles. The predicted molar refractivity (Wildman–Crippen MR) is 65.4 cm³/mol. The van der Waals surface area contributed by atoms with Gasteiger partial charge in [0.05, 0.1) is 6.10 Å². The number of aliphatic hydroxyl groups excluding tert-OH is 1. The number of sulfonamides is 1. The van der Waals surface area contributed by atoms with Crippen LogP contribution >= 0.6 is 0 Å². The lowest BCUT2D eigenvalue weighted by atomic mass is 10.3. The van der Waals surface area contributed by atoms with Gasteiger partial charge in [0.1, 0.15) is 10.6 Å². The van der Waals surface area contributed by atoms with Crippen LogP contribution < -0.4 is 10.5 Å². The summed E-state index contributed by atoms with van der Waals surface area (Å²) >= 11 is 0. The molecule has 1 amide bonds. The Kier molecular flexibility index (Phi) is 4.49. The largest absolute Gasteiger partial charge is 0.393 e. The molecule has 0 fully saturated rings. The highest BCUT2D eigenvalue weighted by molar-refractivity contribution is 7.89. The standard InChI is InChI=1S/C10H17N3O4S/c1-7(14)3-4-12-18(16,17)8-5-9(10(11)15)13(2)6-8/h5-7,12,14H,3-4H2,1-2H3,(H2,11,15). The van der Waals surface area contributed by atoms with E-state index in [9.17, 15) is 13.2 Å². The van der Waals surface area contributed by atoms with Crippen LogP contribution in [0.3, 0.4) is 0 Å². The van der Waals surface area contributed by atoms with Crippen LogP contribution in [0.4, 0.5) is 0 Å². The first-order valence-electron chi connectivity index (χ1n) is 5.38. The lowest BCUT2D eigenvalue weighted by Gasteiger charge is -2.06. The van der Waals surface area contributed by atoms with Crippen LogP contribution in [0, 0.1) is 0 Å². The van der Waals surface area contributed by atoms with Crippen molar-refractivity contribution in [1.29, 1.82) is 0 Å².